The molecule has 31 heavy (non-hydrogen) atoms. The third-order valence-electron chi connectivity index (χ3n) is 5.75. The molecule has 3 aromatic rings. The zero-order valence-corrected chi connectivity index (χ0v) is 17.2. The molecule has 0 radical (unpaired) electrons. The number of ether oxygens (including phenoxy) is 1. The molecule has 0 bridgehead atoms. The third kappa shape index (κ3) is 4.72. The first-order valence-corrected chi connectivity index (χ1v) is 10.3. The molecule has 2 aromatic heterocycles. The summed E-state index contributed by atoms with van der Waals surface area (Å²) in [7, 11) is 0. The zero-order chi connectivity index (χ0) is 21.8. The lowest BCUT2D eigenvalue weighted by Gasteiger charge is -2.39. The van der Waals surface area contributed by atoms with Crippen LogP contribution in [0.4, 0.5) is 14.6 Å². The Hall–Kier alpha value is -2.91. The number of pyridine rings is 1. The standard InChI is InChI=1S/C22H25F2N5O2/c1-16(31-18-7-10-28(11-8-18)21-4-2-3-9-26-21)22(30,13-29-15-25-14-27-29)19-6-5-17(23)12-20(19)24/h2-6,9,12,14-16,18,30H,7-8,10-11,13H2,1H3/t16-,22-/m1/s1. The van der Waals surface area contributed by atoms with Crippen LogP contribution in [0.15, 0.2) is 55.2 Å². The van der Waals surface area contributed by atoms with E-state index >= 15 is 0 Å². The van der Waals surface area contributed by atoms with Crippen molar-refractivity contribution in [2.75, 3.05) is 18.0 Å². The fourth-order valence-corrected chi connectivity index (χ4v) is 4.00. The summed E-state index contributed by atoms with van der Waals surface area (Å²) < 4.78 is 35.7. The SMILES string of the molecule is C[C@@H](OC1CCN(c2ccccn2)CC1)[C@](O)(Cn1cncn1)c1ccc(F)cc1F. The van der Waals surface area contributed by atoms with Gasteiger partial charge in [-0.2, -0.15) is 5.10 Å². The molecule has 7 nitrogen and oxygen atoms in total. The number of aliphatic hydroxyl groups is 1. The Morgan fingerprint density at radius 1 is 1.23 bits per heavy atom. The monoisotopic (exact) mass is 429 g/mol. The van der Waals surface area contributed by atoms with Gasteiger partial charge in [-0.1, -0.05) is 12.1 Å². The molecule has 1 aliphatic heterocycles. The van der Waals surface area contributed by atoms with Crippen LogP contribution in [0.25, 0.3) is 0 Å². The molecule has 164 valence electrons. The first-order valence-electron chi connectivity index (χ1n) is 10.3. The summed E-state index contributed by atoms with van der Waals surface area (Å²) >= 11 is 0. The van der Waals surface area contributed by atoms with Crippen molar-refractivity contribution in [3.05, 3.63) is 72.4 Å². The lowest BCUT2D eigenvalue weighted by atomic mass is 9.87. The Morgan fingerprint density at radius 2 is 2.03 bits per heavy atom. The molecular formula is C22H25F2N5O2. The molecule has 4 rings (SSSR count). The second kappa shape index (κ2) is 9.07. The average Bonchev–Trinajstić information content (AvgIpc) is 3.27. The summed E-state index contributed by atoms with van der Waals surface area (Å²) in [6.07, 6.45) is 5.13. The van der Waals surface area contributed by atoms with Gasteiger partial charge >= 0.3 is 0 Å². The zero-order valence-electron chi connectivity index (χ0n) is 17.2. The molecule has 3 heterocycles. The van der Waals surface area contributed by atoms with E-state index in [4.69, 9.17) is 4.74 Å². The number of anilines is 1. The van der Waals surface area contributed by atoms with E-state index in [0.717, 1.165) is 43.9 Å². The highest BCUT2D eigenvalue weighted by Gasteiger charge is 2.41. The van der Waals surface area contributed by atoms with Crippen LogP contribution in [0.1, 0.15) is 25.3 Å². The second-order valence-electron chi connectivity index (χ2n) is 7.79. The number of halogens is 2. The van der Waals surface area contributed by atoms with Crippen LogP contribution in [0.2, 0.25) is 0 Å². The van der Waals surface area contributed by atoms with Crippen LogP contribution in [0.3, 0.4) is 0 Å². The van der Waals surface area contributed by atoms with Gasteiger partial charge in [0.05, 0.1) is 18.8 Å². The summed E-state index contributed by atoms with van der Waals surface area (Å²) in [6.45, 7) is 3.15. The number of piperidine rings is 1. The highest BCUT2D eigenvalue weighted by molar-refractivity contribution is 5.38. The highest BCUT2D eigenvalue weighted by atomic mass is 19.1. The van der Waals surface area contributed by atoms with Crippen molar-refractivity contribution in [3.8, 4) is 0 Å². The Kier molecular flexibility index (Phi) is 6.24. The van der Waals surface area contributed by atoms with Gasteiger partial charge in [-0.05, 0) is 38.0 Å². The topological polar surface area (TPSA) is 76.3 Å². The lowest BCUT2D eigenvalue weighted by Crippen LogP contribution is -2.47. The Balaban J connectivity index is 1.49. The van der Waals surface area contributed by atoms with Crippen molar-refractivity contribution in [2.45, 2.75) is 44.1 Å². The minimum atomic E-state index is -1.76. The van der Waals surface area contributed by atoms with Crippen molar-refractivity contribution in [3.63, 3.8) is 0 Å². The van der Waals surface area contributed by atoms with Crippen LogP contribution in [0.5, 0.6) is 0 Å². The van der Waals surface area contributed by atoms with E-state index in [-0.39, 0.29) is 18.2 Å². The lowest BCUT2D eigenvalue weighted by molar-refractivity contribution is -0.145. The van der Waals surface area contributed by atoms with Gasteiger partial charge < -0.3 is 14.7 Å². The number of rotatable bonds is 7. The maximum atomic E-state index is 14.6. The Bertz CT molecular complexity index is 981. The van der Waals surface area contributed by atoms with E-state index in [1.165, 1.54) is 23.4 Å². The predicted octanol–water partition coefficient (Wildman–Crippen LogP) is 2.91. The number of hydrogen-bond acceptors (Lipinski definition) is 6. The largest absolute Gasteiger partial charge is 0.380 e. The molecule has 1 aromatic carbocycles. The summed E-state index contributed by atoms with van der Waals surface area (Å²) in [5.41, 5.74) is -1.80. The van der Waals surface area contributed by atoms with E-state index in [9.17, 15) is 13.9 Å². The van der Waals surface area contributed by atoms with Gasteiger partial charge in [-0.15, -0.1) is 0 Å². The normalized spacial score (nSPS) is 18.0. The minimum absolute atomic E-state index is 0.0391. The third-order valence-corrected chi connectivity index (χ3v) is 5.75. The van der Waals surface area contributed by atoms with Gasteiger partial charge in [0, 0.05) is 30.9 Å². The van der Waals surface area contributed by atoms with Crippen molar-refractivity contribution >= 4 is 5.82 Å². The van der Waals surface area contributed by atoms with Gasteiger partial charge in [-0.25, -0.2) is 23.4 Å². The van der Waals surface area contributed by atoms with Gasteiger partial charge in [0.2, 0.25) is 0 Å². The minimum Gasteiger partial charge on any atom is -0.380 e. The number of aromatic nitrogens is 4. The fourth-order valence-electron chi connectivity index (χ4n) is 4.00. The fraction of sp³-hybridized carbons (Fsp3) is 0.409. The van der Waals surface area contributed by atoms with Gasteiger partial charge in [-0.3, -0.25) is 0 Å². The predicted molar refractivity (Wildman–Crippen MR) is 110 cm³/mol. The van der Waals surface area contributed by atoms with Crippen molar-refractivity contribution in [1.29, 1.82) is 0 Å². The Labute approximate surface area is 179 Å². The molecule has 0 amide bonds. The Morgan fingerprint density at radius 3 is 2.68 bits per heavy atom. The number of hydrogen-bond donors (Lipinski definition) is 1. The first-order chi connectivity index (χ1) is 15.0. The van der Waals surface area contributed by atoms with Crippen LogP contribution in [-0.2, 0) is 16.9 Å². The van der Waals surface area contributed by atoms with E-state index < -0.39 is 23.3 Å². The molecule has 1 N–H and O–H groups in total. The summed E-state index contributed by atoms with van der Waals surface area (Å²) in [5.74, 6) is -0.618. The molecule has 0 spiro atoms. The maximum absolute atomic E-state index is 14.6. The van der Waals surface area contributed by atoms with E-state index in [2.05, 4.69) is 20.0 Å². The van der Waals surface area contributed by atoms with E-state index in [1.807, 2.05) is 18.2 Å². The summed E-state index contributed by atoms with van der Waals surface area (Å²) in [6, 6.07) is 8.95. The van der Waals surface area contributed by atoms with Crippen LogP contribution in [0, 0.1) is 11.6 Å². The van der Waals surface area contributed by atoms with Crippen molar-refractivity contribution < 1.29 is 18.6 Å². The van der Waals surface area contributed by atoms with Gasteiger partial charge in [0.25, 0.3) is 0 Å². The molecule has 0 aliphatic carbocycles. The number of benzene rings is 1. The van der Waals surface area contributed by atoms with Crippen molar-refractivity contribution in [2.24, 2.45) is 0 Å². The molecule has 1 aliphatic rings. The molecule has 1 saturated heterocycles. The average molecular weight is 429 g/mol. The molecule has 0 unspecified atom stereocenters. The van der Waals surface area contributed by atoms with Crippen LogP contribution < -0.4 is 4.90 Å². The summed E-state index contributed by atoms with van der Waals surface area (Å²) in [4.78, 5) is 10.5. The summed E-state index contributed by atoms with van der Waals surface area (Å²) in [5, 5.41) is 15.6. The van der Waals surface area contributed by atoms with E-state index in [0.29, 0.717) is 0 Å². The number of nitrogens with zero attached hydrogens (tertiary/aromatic N) is 5. The molecule has 9 heteroatoms. The second-order valence-corrected chi connectivity index (χ2v) is 7.79. The van der Waals surface area contributed by atoms with Crippen molar-refractivity contribution in [1.82, 2.24) is 19.7 Å². The van der Waals surface area contributed by atoms with E-state index in [1.54, 1.807) is 13.1 Å². The first kappa shape index (κ1) is 21.3. The molecule has 2 atom stereocenters. The smallest absolute Gasteiger partial charge is 0.138 e. The van der Waals surface area contributed by atoms with Gasteiger partial charge in [0.15, 0.2) is 0 Å². The highest BCUT2D eigenvalue weighted by Crippen LogP contribution is 2.33. The van der Waals surface area contributed by atoms with Crippen LogP contribution >= 0.6 is 0 Å². The molecule has 0 saturated carbocycles. The van der Waals surface area contributed by atoms with Crippen LogP contribution in [-0.4, -0.2) is 50.2 Å². The van der Waals surface area contributed by atoms with Gasteiger partial charge in [0.1, 0.15) is 35.7 Å². The molecular weight excluding hydrogens is 404 g/mol. The quantitative estimate of drug-likeness (QED) is 0.623. The molecule has 1 fully saturated rings. The maximum Gasteiger partial charge on any atom is 0.138 e.